The van der Waals surface area contributed by atoms with Crippen molar-refractivity contribution < 1.29 is 9.90 Å². The van der Waals surface area contributed by atoms with Crippen LogP contribution < -0.4 is 5.43 Å². The van der Waals surface area contributed by atoms with Gasteiger partial charge in [-0.1, -0.05) is 29.8 Å². The van der Waals surface area contributed by atoms with Crippen molar-refractivity contribution in [1.29, 1.82) is 0 Å². The lowest BCUT2D eigenvalue weighted by atomic mass is 10.1. The molecule has 0 saturated heterocycles. The Morgan fingerprint density at radius 3 is 2.83 bits per heavy atom. The highest BCUT2D eigenvalue weighted by atomic mass is 35.5. The summed E-state index contributed by atoms with van der Waals surface area (Å²) in [5.74, 6) is -0.397. The fourth-order valence-electron chi connectivity index (χ4n) is 2.15. The van der Waals surface area contributed by atoms with E-state index in [-0.39, 0.29) is 5.75 Å². The van der Waals surface area contributed by atoms with Crippen molar-refractivity contribution in [3.05, 3.63) is 70.9 Å². The van der Waals surface area contributed by atoms with E-state index < -0.39 is 5.91 Å². The zero-order valence-electron chi connectivity index (χ0n) is 11.9. The van der Waals surface area contributed by atoms with Crippen molar-refractivity contribution in [2.75, 3.05) is 0 Å². The minimum Gasteiger partial charge on any atom is -0.507 e. The number of fused-ring (bicyclic) bond motifs is 1. The first-order chi connectivity index (χ1) is 11.2. The van der Waals surface area contributed by atoms with Gasteiger partial charge in [0.1, 0.15) is 5.75 Å². The van der Waals surface area contributed by atoms with E-state index in [1.807, 2.05) is 6.07 Å². The lowest BCUT2D eigenvalue weighted by Crippen LogP contribution is -2.18. The van der Waals surface area contributed by atoms with Gasteiger partial charge in [-0.15, -0.1) is 0 Å². The molecule has 3 aromatic rings. The number of phenols is 1. The van der Waals surface area contributed by atoms with Crippen molar-refractivity contribution in [2.24, 2.45) is 5.10 Å². The first-order valence-corrected chi connectivity index (χ1v) is 7.19. The standard InChI is InChI=1S/C17H12ClN3O2/c18-14-6-2-1-5-12(14)17(23)21-20-10-13-15(22)8-7-11-4-3-9-19-16(11)13/h1-10,22H,(H,21,23)/b20-10+. The zero-order chi connectivity index (χ0) is 16.2. The van der Waals surface area contributed by atoms with Crippen LogP contribution >= 0.6 is 11.6 Å². The zero-order valence-corrected chi connectivity index (χ0v) is 12.7. The third-order valence-electron chi connectivity index (χ3n) is 3.27. The summed E-state index contributed by atoms with van der Waals surface area (Å²) < 4.78 is 0. The van der Waals surface area contributed by atoms with E-state index in [0.717, 1.165) is 5.39 Å². The third kappa shape index (κ3) is 3.14. The van der Waals surface area contributed by atoms with Gasteiger partial charge in [0, 0.05) is 11.6 Å². The maximum atomic E-state index is 12.0. The molecule has 0 radical (unpaired) electrons. The number of amides is 1. The number of aromatic hydroxyl groups is 1. The number of nitrogens with zero attached hydrogens (tertiary/aromatic N) is 2. The van der Waals surface area contributed by atoms with Crippen LogP contribution in [0.5, 0.6) is 5.75 Å². The predicted molar refractivity (Wildman–Crippen MR) is 89.9 cm³/mol. The van der Waals surface area contributed by atoms with E-state index in [1.54, 1.807) is 48.7 Å². The van der Waals surface area contributed by atoms with Gasteiger partial charge in [-0.2, -0.15) is 5.10 Å². The van der Waals surface area contributed by atoms with Crippen molar-refractivity contribution in [1.82, 2.24) is 10.4 Å². The quantitative estimate of drug-likeness (QED) is 0.573. The number of hydrazone groups is 1. The molecule has 3 rings (SSSR count). The van der Waals surface area contributed by atoms with Crippen LogP contribution in [-0.4, -0.2) is 22.2 Å². The van der Waals surface area contributed by atoms with Crippen LogP contribution in [0.2, 0.25) is 5.02 Å². The summed E-state index contributed by atoms with van der Waals surface area (Å²) in [6, 6.07) is 13.7. The maximum absolute atomic E-state index is 12.0. The molecule has 6 heteroatoms. The fourth-order valence-corrected chi connectivity index (χ4v) is 2.37. The predicted octanol–water partition coefficient (Wildman–Crippen LogP) is 3.36. The second kappa shape index (κ2) is 6.46. The molecular formula is C17H12ClN3O2. The largest absolute Gasteiger partial charge is 0.507 e. The lowest BCUT2D eigenvalue weighted by Gasteiger charge is -2.04. The Morgan fingerprint density at radius 1 is 1.17 bits per heavy atom. The number of carbonyl (C=O) groups excluding carboxylic acids is 1. The number of hydrogen-bond acceptors (Lipinski definition) is 4. The van der Waals surface area contributed by atoms with Crippen LogP contribution in [0.4, 0.5) is 0 Å². The van der Waals surface area contributed by atoms with E-state index in [4.69, 9.17) is 11.6 Å². The minimum atomic E-state index is -0.431. The summed E-state index contributed by atoms with van der Waals surface area (Å²) in [6.45, 7) is 0. The van der Waals surface area contributed by atoms with Crippen LogP contribution in [0, 0.1) is 0 Å². The topological polar surface area (TPSA) is 74.6 Å². The van der Waals surface area contributed by atoms with Gasteiger partial charge < -0.3 is 5.11 Å². The molecular weight excluding hydrogens is 314 g/mol. The Bertz CT molecular complexity index is 909. The Kier molecular flexibility index (Phi) is 4.21. The van der Waals surface area contributed by atoms with Gasteiger partial charge in [0.25, 0.3) is 5.91 Å². The number of carbonyl (C=O) groups is 1. The molecule has 0 unspecified atom stereocenters. The highest BCUT2D eigenvalue weighted by Crippen LogP contribution is 2.23. The van der Waals surface area contributed by atoms with E-state index in [2.05, 4.69) is 15.5 Å². The summed E-state index contributed by atoms with van der Waals surface area (Å²) in [6.07, 6.45) is 2.99. The van der Waals surface area contributed by atoms with E-state index >= 15 is 0 Å². The average Bonchev–Trinajstić information content (AvgIpc) is 2.57. The van der Waals surface area contributed by atoms with Crippen LogP contribution in [0.15, 0.2) is 59.8 Å². The molecule has 114 valence electrons. The first kappa shape index (κ1) is 15.0. The van der Waals surface area contributed by atoms with E-state index in [0.29, 0.717) is 21.7 Å². The number of halogens is 1. The number of rotatable bonds is 3. The SMILES string of the molecule is O=C(N/N=C/c1c(O)ccc2cccnc12)c1ccccc1Cl. The average molecular weight is 326 g/mol. The smallest absolute Gasteiger partial charge is 0.272 e. The number of pyridine rings is 1. The summed E-state index contributed by atoms with van der Waals surface area (Å²) in [7, 11) is 0. The van der Waals surface area contributed by atoms with Gasteiger partial charge in [-0.25, -0.2) is 5.43 Å². The number of aromatic nitrogens is 1. The second-order valence-corrected chi connectivity index (χ2v) is 5.16. The summed E-state index contributed by atoms with van der Waals surface area (Å²) in [5.41, 5.74) is 3.75. The first-order valence-electron chi connectivity index (χ1n) is 6.81. The van der Waals surface area contributed by atoms with Gasteiger partial charge in [0.15, 0.2) is 0 Å². The molecule has 0 aliphatic rings. The molecule has 2 N–H and O–H groups in total. The molecule has 0 saturated carbocycles. The molecule has 0 bridgehead atoms. The second-order valence-electron chi connectivity index (χ2n) is 4.75. The van der Waals surface area contributed by atoms with Gasteiger partial charge >= 0.3 is 0 Å². The third-order valence-corrected chi connectivity index (χ3v) is 3.60. The number of phenolic OH excluding ortho intramolecular Hbond substituents is 1. The number of hydrogen-bond donors (Lipinski definition) is 2. The summed E-state index contributed by atoms with van der Waals surface area (Å²) in [5, 5.41) is 15.1. The van der Waals surface area contributed by atoms with Gasteiger partial charge in [-0.3, -0.25) is 9.78 Å². The van der Waals surface area contributed by atoms with E-state index in [1.165, 1.54) is 6.21 Å². The Labute approximate surface area is 137 Å². The molecule has 1 amide bonds. The maximum Gasteiger partial charge on any atom is 0.272 e. The summed E-state index contributed by atoms with van der Waals surface area (Å²) >= 11 is 5.96. The van der Waals surface area contributed by atoms with Crippen molar-refractivity contribution in [3.63, 3.8) is 0 Å². The highest BCUT2D eigenvalue weighted by Gasteiger charge is 2.09. The Morgan fingerprint density at radius 2 is 2.00 bits per heavy atom. The molecule has 0 atom stereocenters. The van der Waals surface area contributed by atoms with E-state index in [9.17, 15) is 9.90 Å². The van der Waals surface area contributed by atoms with Gasteiger partial charge in [0.2, 0.25) is 0 Å². The lowest BCUT2D eigenvalue weighted by molar-refractivity contribution is 0.0955. The van der Waals surface area contributed by atoms with Crippen LogP contribution in [-0.2, 0) is 0 Å². The van der Waals surface area contributed by atoms with Crippen LogP contribution in [0.1, 0.15) is 15.9 Å². The molecule has 0 aliphatic carbocycles. The molecule has 5 nitrogen and oxygen atoms in total. The molecule has 0 spiro atoms. The molecule has 1 heterocycles. The number of benzene rings is 2. The van der Waals surface area contributed by atoms with Gasteiger partial charge in [0.05, 0.1) is 27.9 Å². The molecule has 23 heavy (non-hydrogen) atoms. The minimum absolute atomic E-state index is 0.0342. The fraction of sp³-hybridized carbons (Fsp3) is 0. The molecule has 1 aromatic heterocycles. The van der Waals surface area contributed by atoms with Crippen molar-refractivity contribution >= 4 is 34.6 Å². The normalized spacial score (nSPS) is 11.0. The number of nitrogens with one attached hydrogen (secondary N) is 1. The van der Waals surface area contributed by atoms with Crippen molar-refractivity contribution in [3.8, 4) is 5.75 Å². The highest BCUT2D eigenvalue weighted by molar-refractivity contribution is 6.33. The van der Waals surface area contributed by atoms with Gasteiger partial charge in [-0.05, 0) is 30.3 Å². The van der Waals surface area contributed by atoms with Crippen LogP contribution in [0.25, 0.3) is 10.9 Å². The van der Waals surface area contributed by atoms with Crippen LogP contribution in [0.3, 0.4) is 0 Å². The Balaban J connectivity index is 1.85. The Hall–Kier alpha value is -2.92. The summed E-state index contributed by atoms with van der Waals surface area (Å²) in [4.78, 5) is 16.2. The monoisotopic (exact) mass is 325 g/mol. The molecule has 0 aliphatic heterocycles. The molecule has 0 fully saturated rings. The van der Waals surface area contributed by atoms with Crippen molar-refractivity contribution in [2.45, 2.75) is 0 Å². The molecule has 2 aromatic carbocycles.